The van der Waals surface area contributed by atoms with Gasteiger partial charge >= 0.3 is 11.4 Å². The standard InChI is InChI=1S/C12H4F5N3O4/c13-7-1-5(2-8(14)11(7)19(21)22)18(17)6-3-9(15)12(20(23)24)10(16)4-6/h1-4H. The summed E-state index contributed by atoms with van der Waals surface area (Å²) in [6, 6.07) is 0.883. The van der Waals surface area contributed by atoms with Gasteiger partial charge in [0.1, 0.15) is 0 Å². The molecule has 24 heavy (non-hydrogen) atoms. The van der Waals surface area contributed by atoms with Crippen LogP contribution in [0.25, 0.3) is 0 Å². The monoisotopic (exact) mass is 349 g/mol. The Morgan fingerprint density at radius 1 is 0.708 bits per heavy atom. The molecule has 7 nitrogen and oxygen atoms in total. The summed E-state index contributed by atoms with van der Waals surface area (Å²) < 4.78 is 67.9. The summed E-state index contributed by atoms with van der Waals surface area (Å²) in [5.74, 6) is -6.89. The molecule has 0 saturated heterocycles. The van der Waals surface area contributed by atoms with Gasteiger partial charge in [-0.3, -0.25) is 20.2 Å². The van der Waals surface area contributed by atoms with Crippen LogP contribution in [0.3, 0.4) is 0 Å². The highest BCUT2D eigenvalue weighted by Crippen LogP contribution is 2.34. The van der Waals surface area contributed by atoms with E-state index in [1.54, 1.807) is 0 Å². The number of nitrogens with zero attached hydrogens (tertiary/aromatic N) is 3. The molecule has 0 aliphatic heterocycles. The second-order valence-electron chi connectivity index (χ2n) is 4.31. The van der Waals surface area contributed by atoms with E-state index in [0.29, 0.717) is 0 Å². The van der Waals surface area contributed by atoms with Gasteiger partial charge in [0.2, 0.25) is 23.3 Å². The predicted molar refractivity (Wildman–Crippen MR) is 69.3 cm³/mol. The summed E-state index contributed by atoms with van der Waals surface area (Å²) in [5, 5.41) is 20.3. The fourth-order valence-corrected chi connectivity index (χ4v) is 1.83. The van der Waals surface area contributed by atoms with Gasteiger partial charge in [0.15, 0.2) is 0 Å². The third-order valence-corrected chi connectivity index (χ3v) is 2.82. The largest absolute Gasteiger partial charge is 0.340 e. The van der Waals surface area contributed by atoms with Crippen molar-refractivity contribution in [1.29, 1.82) is 0 Å². The van der Waals surface area contributed by atoms with E-state index in [4.69, 9.17) is 0 Å². The molecule has 0 amide bonds. The third kappa shape index (κ3) is 2.93. The topological polar surface area (TPSA) is 89.5 Å². The number of benzene rings is 2. The Morgan fingerprint density at radius 2 is 0.958 bits per heavy atom. The maximum absolute atomic E-state index is 14.1. The minimum Gasteiger partial charge on any atom is -0.258 e. The number of rotatable bonds is 4. The molecule has 2 aromatic rings. The molecule has 0 aliphatic rings. The smallest absolute Gasteiger partial charge is 0.258 e. The van der Waals surface area contributed by atoms with Gasteiger partial charge in [0.25, 0.3) is 0 Å². The highest BCUT2D eigenvalue weighted by Gasteiger charge is 2.27. The van der Waals surface area contributed by atoms with Gasteiger partial charge in [-0.25, -0.2) is 0 Å². The molecule has 0 saturated carbocycles. The van der Waals surface area contributed by atoms with Crippen LogP contribution in [0.2, 0.25) is 0 Å². The first-order chi connectivity index (χ1) is 11.1. The minimum atomic E-state index is -1.72. The summed E-state index contributed by atoms with van der Waals surface area (Å²) in [5.41, 5.74) is -4.98. The number of anilines is 2. The molecule has 0 N–H and O–H groups in total. The lowest BCUT2D eigenvalue weighted by atomic mass is 10.2. The molecule has 0 radical (unpaired) electrons. The lowest BCUT2D eigenvalue weighted by Crippen LogP contribution is -2.08. The Hall–Kier alpha value is -3.31. The van der Waals surface area contributed by atoms with Gasteiger partial charge in [0, 0.05) is 24.3 Å². The zero-order valence-corrected chi connectivity index (χ0v) is 11.2. The van der Waals surface area contributed by atoms with Gasteiger partial charge < -0.3 is 0 Å². The molecule has 0 unspecified atom stereocenters. The zero-order chi connectivity index (χ0) is 18.2. The Labute approximate surface area is 128 Å². The first-order valence-electron chi connectivity index (χ1n) is 5.86. The quantitative estimate of drug-likeness (QED) is 0.359. The zero-order valence-electron chi connectivity index (χ0n) is 11.2. The normalized spacial score (nSPS) is 10.5. The molecule has 2 aromatic carbocycles. The van der Waals surface area contributed by atoms with Crippen molar-refractivity contribution in [3.05, 3.63) is 67.8 Å². The summed E-state index contributed by atoms with van der Waals surface area (Å²) in [6.07, 6.45) is 0. The van der Waals surface area contributed by atoms with Crippen molar-refractivity contribution in [2.45, 2.75) is 0 Å². The predicted octanol–water partition coefficient (Wildman–Crippen LogP) is 4.08. The number of hydrogen-bond acceptors (Lipinski definition) is 5. The lowest BCUT2D eigenvalue weighted by molar-refractivity contribution is -0.390. The van der Waals surface area contributed by atoms with Gasteiger partial charge in [-0.1, -0.05) is 4.48 Å². The van der Waals surface area contributed by atoms with E-state index in [1.165, 1.54) is 0 Å². The SMILES string of the molecule is O=[N+]([O-])c1c(F)cc(N(F)c2cc(F)c([N+](=O)[O-])c(F)c2)cc1F. The van der Waals surface area contributed by atoms with Crippen molar-refractivity contribution in [3.8, 4) is 0 Å². The van der Waals surface area contributed by atoms with Crippen molar-refractivity contribution in [1.82, 2.24) is 0 Å². The maximum atomic E-state index is 14.1. The summed E-state index contributed by atoms with van der Waals surface area (Å²) in [7, 11) is 0. The molecular weight excluding hydrogens is 345 g/mol. The van der Waals surface area contributed by atoms with E-state index >= 15 is 0 Å². The Balaban J connectivity index is 2.52. The highest BCUT2D eigenvalue weighted by molar-refractivity contribution is 5.64. The second-order valence-corrected chi connectivity index (χ2v) is 4.31. The number of nitro benzene ring substituents is 2. The Kier molecular flexibility index (Phi) is 4.31. The minimum absolute atomic E-state index is 0.221. The van der Waals surface area contributed by atoms with Crippen LogP contribution >= 0.6 is 0 Å². The molecule has 0 bridgehead atoms. The first-order valence-corrected chi connectivity index (χ1v) is 5.86. The van der Waals surface area contributed by atoms with Crippen molar-refractivity contribution in [3.63, 3.8) is 0 Å². The van der Waals surface area contributed by atoms with E-state index in [0.717, 1.165) is 0 Å². The molecule has 2 rings (SSSR count). The van der Waals surface area contributed by atoms with Crippen molar-refractivity contribution >= 4 is 22.7 Å². The van der Waals surface area contributed by atoms with E-state index in [9.17, 15) is 42.3 Å². The average Bonchev–Trinajstić information content (AvgIpc) is 2.43. The fraction of sp³-hybridized carbons (Fsp3) is 0. The van der Waals surface area contributed by atoms with Gasteiger partial charge in [-0.2, -0.15) is 22.7 Å². The second kappa shape index (κ2) is 6.06. The van der Waals surface area contributed by atoms with Crippen LogP contribution in [-0.2, 0) is 0 Å². The Bertz CT molecular complexity index is 745. The molecule has 0 atom stereocenters. The van der Waals surface area contributed by atoms with Crippen LogP contribution in [0.1, 0.15) is 0 Å². The molecular formula is C12H4F5N3O4. The molecule has 126 valence electrons. The van der Waals surface area contributed by atoms with E-state index in [1.807, 2.05) is 0 Å². The summed E-state index contributed by atoms with van der Waals surface area (Å²) in [4.78, 5) is 18.1. The van der Waals surface area contributed by atoms with Crippen LogP contribution in [0.15, 0.2) is 24.3 Å². The average molecular weight is 349 g/mol. The molecule has 12 heteroatoms. The summed E-state index contributed by atoms with van der Waals surface area (Å²) >= 11 is 0. The molecule has 0 spiro atoms. The van der Waals surface area contributed by atoms with Crippen molar-refractivity contribution < 1.29 is 31.9 Å². The van der Waals surface area contributed by atoms with E-state index in [-0.39, 0.29) is 24.3 Å². The van der Waals surface area contributed by atoms with E-state index in [2.05, 4.69) is 0 Å². The maximum Gasteiger partial charge on any atom is 0.340 e. The molecule has 0 fully saturated rings. The highest BCUT2D eigenvalue weighted by atomic mass is 19.2. The van der Waals surface area contributed by atoms with Gasteiger partial charge in [-0.05, 0) is 0 Å². The Morgan fingerprint density at radius 3 is 1.17 bits per heavy atom. The number of nitro groups is 2. The third-order valence-electron chi connectivity index (χ3n) is 2.82. The van der Waals surface area contributed by atoms with Crippen molar-refractivity contribution in [2.24, 2.45) is 0 Å². The van der Waals surface area contributed by atoms with Crippen LogP contribution in [0, 0.1) is 43.5 Å². The fourth-order valence-electron chi connectivity index (χ4n) is 1.83. The summed E-state index contributed by atoms with van der Waals surface area (Å²) in [6.45, 7) is 0. The molecule has 0 heterocycles. The number of halogens is 5. The first kappa shape index (κ1) is 17.1. The van der Waals surface area contributed by atoms with E-state index < -0.39 is 61.0 Å². The van der Waals surface area contributed by atoms with Crippen LogP contribution in [0.4, 0.5) is 44.8 Å². The van der Waals surface area contributed by atoms with Gasteiger partial charge in [-0.15, -0.1) is 0 Å². The van der Waals surface area contributed by atoms with Crippen molar-refractivity contribution in [2.75, 3.05) is 5.12 Å². The van der Waals surface area contributed by atoms with Crippen LogP contribution in [-0.4, -0.2) is 9.85 Å². The van der Waals surface area contributed by atoms with Crippen LogP contribution in [0.5, 0.6) is 0 Å². The molecule has 0 aromatic heterocycles. The lowest BCUT2D eigenvalue weighted by Gasteiger charge is -2.14. The number of hydrogen-bond donors (Lipinski definition) is 0. The van der Waals surface area contributed by atoms with Crippen LogP contribution < -0.4 is 5.12 Å². The molecule has 0 aliphatic carbocycles. The van der Waals surface area contributed by atoms with Gasteiger partial charge in [0.05, 0.1) is 21.2 Å².